The summed E-state index contributed by atoms with van der Waals surface area (Å²) in [5, 5.41) is 14.7. The maximum Gasteiger partial charge on any atom is 0.269 e. The Kier molecular flexibility index (Phi) is 7.67. The van der Waals surface area contributed by atoms with Crippen LogP contribution in [0.25, 0.3) is 10.9 Å². The van der Waals surface area contributed by atoms with Crippen molar-refractivity contribution in [2.75, 3.05) is 13.1 Å². The van der Waals surface area contributed by atoms with Gasteiger partial charge in [-0.15, -0.1) is 0 Å². The van der Waals surface area contributed by atoms with Crippen LogP contribution in [-0.4, -0.2) is 48.3 Å². The number of nitrogens with one attached hydrogen (secondary N) is 2. The molecule has 5 rings (SSSR count). The third-order valence-electron chi connectivity index (χ3n) is 7.19. The molecule has 1 aromatic heterocycles. The van der Waals surface area contributed by atoms with E-state index in [2.05, 4.69) is 15.2 Å². The van der Waals surface area contributed by atoms with E-state index in [1.807, 2.05) is 19.9 Å². The number of carbonyl (C=O) groups is 1. The average molecular weight is 581 g/mol. The molecule has 3 aromatic carbocycles. The molecule has 9 nitrogen and oxygen atoms in total. The van der Waals surface area contributed by atoms with Crippen molar-refractivity contribution in [2.45, 2.75) is 49.1 Å². The molecule has 0 unspecified atom stereocenters. The highest BCUT2D eigenvalue weighted by Crippen LogP contribution is 2.34. The number of halogens is 1. The van der Waals surface area contributed by atoms with E-state index in [-0.39, 0.29) is 27.2 Å². The summed E-state index contributed by atoms with van der Waals surface area (Å²) in [4.78, 5) is 29.3. The zero-order chi connectivity index (χ0) is 28.6. The molecular formula is C29H29ClN4O5S. The normalized spacial score (nSPS) is 14.9. The van der Waals surface area contributed by atoms with E-state index in [9.17, 15) is 23.3 Å². The number of aryl methyl sites for hydroxylation is 2. The molecule has 208 valence electrons. The molecule has 1 fully saturated rings. The van der Waals surface area contributed by atoms with E-state index in [4.69, 9.17) is 11.6 Å². The van der Waals surface area contributed by atoms with Gasteiger partial charge in [-0.3, -0.25) is 19.8 Å². The van der Waals surface area contributed by atoms with Gasteiger partial charge in [0.2, 0.25) is 9.84 Å². The molecule has 0 spiro atoms. The number of H-pyrrole nitrogens is 1. The van der Waals surface area contributed by atoms with Crippen molar-refractivity contribution in [3.05, 3.63) is 98.2 Å². The summed E-state index contributed by atoms with van der Waals surface area (Å²) in [7, 11) is -4.05. The van der Waals surface area contributed by atoms with E-state index in [0.717, 1.165) is 29.8 Å². The molecule has 0 radical (unpaired) electrons. The van der Waals surface area contributed by atoms with Gasteiger partial charge < -0.3 is 10.3 Å². The van der Waals surface area contributed by atoms with Crippen LogP contribution in [0.3, 0.4) is 0 Å². The molecule has 2 heterocycles. The number of piperidine rings is 1. The summed E-state index contributed by atoms with van der Waals surface area (Å²) < 4.78 is 27.9. The molecule has 1 aliphatic rings. The Hall–Kier alpha value is -3.73. The first kappa shape index (κ1) is 27.8. The molecule has 40 heavy (non-hydrogen) atoms. The van der Waals surface area contributed by atoms with Crippen molar-refractivity contribution < 1.29 is 18.1 Å². The number of aromatic nitrogens is 1. The average Bonchev–Trinajstić information content (AvgIpc) is 3.29. The zero-order valence-electron chi connectivity index (χ0n) is 22.1. The molecule has 1 saturated heterocycles. The minimum absolute atomic E-state index is 0.00950. The Morgan fingerprint density at radius 2 is 1.70 bits per heavy atom. The van der Waals surface area contributed by atoms with Gasteiger partial charge in [-0.1, -0.05) is 29.8 Å². The maximum atomic E-state index is 13.9. The van der Waals surface area contributed by atoms with Crippen LogP contribution >= 0.6 is 11.6 Å². The van der Waals surface area contributed by atoms with Crippen molar-refractivity contribution in [3.8, 4) is 0 Å². The number of hydrogen-bond donors (Lipinski definition) is 2. The fraction of sp³-hybridized carbons (Fsp3) is 0.276. The van der Waals surface area contributed by atoms with E-state index in [1.165, 1.54) is 12.1 Å². The van der Waals surface area contributed by atoms with E-state index in [0.29, 0.717) is 35.3 Å². The summed E-state index contributed by atoms with van der Waals surface area (Å²) in [6.07, 6.45) is 1.37. The topological polar surface area (TPSA) is 125 Å². The number of fused-ring (bicyclic) bond motifs is 1. The fourth-order valence-corrected chi connectivity index (χ4v) is 7.22. The van der Waals surface area contributed by atoms with Crippen LogP contribution in [-0.2, 0) is 16.4 Å². The fourth-order valence-electron chi connectivity index (χ4n) is 5.26. The molecule has 0 saturated carbocycles. The molecule has 4 aromatic rings. The van der Waals surface area contributed by atoms with E-state index in [1.54, 1.807) is 42.5 Å². The first-order valence-electron chi connectivity index (χ1n) is 12.9. The van der Waals surface area contributed by atoms with Crippen LogP contribution in [0, 0.1) is 24.0 Å². The van der Waals surface area contributed by atoms with Gasteiger partial charge in [-0.25, -0.2) is 8.42 Å². The highest BCUT2D eigenvalue weighted by atomic mass is 35.5. The number of carbonyl (C=O) groups excluding carboxylic acids is 1. The minimum atomic E-state index is -4.05. The lowest BCUT2D eigenvalue weighted by Gasteiger charge is -2.32. The van der Waals surface area contributed by atoms with Crippen LogP contribution in [0.15, 0.2) is 70.5 Å². The minimum Gasteiger partial charge on any atom is -0.349 e. The number of amides is 1. The number of benzene rings is 3. The summed E-state index contributed by atoms with van der Waals surface area (Å²) in [6.45, 7) is 5.76. The van der Waals surface area contributed by atoms with Crippen molar-refractivity contribution in [2.24, 2.45) is 0 Å². The summed E-state index contributed by atoms with van der Waals surface area (Å²) in [5.74, 6) is -0.482. The number of non-ortho nitro benzene ring substituents is 1. The van der Waals surface area contributed by atoms with Gasteiger partial charge in [0.15, 0.2) is 0 Å². The Bertz CT molecular complexity index is 1690. The second-order valence-corrected chi connectivity index (χ2v) is 12.6. The van der Waals surface area contributed by atoms with Gasteiger partial charge in [0.25, 0.3) is 11.6 Å². The second kappa shape index (κ2) is 11.0. The highest BCUT2D eigenvalue weighted by Gasteiger charge is 2.31. The van der Waals surface area contributed by atoms with Gasteiger partial charge >= 0.3 is 0 Å². The van der Waals surface area contributed by atoms with E-state index >= 15 is 0 Å². The number of nitro groups is 1. The summed E-state index contributed by atoms with van der Waals surface area (Å²) in [5.41, 5.74) is 3.15. The van der Waals surface area contributed by atoms with Crippen LogP contribution < -0.4 is 5.32 Å². The zero-order valence-corrected chi connectivity index (χ0v) is 23.7. The van der Waals surface area contributed by atoms with Gasteiger partial charge in [-0.2, -0.15) is 0 Å². The summed E-state index contributed by atoms with van der Waals surface area (Å²) >= 11 is 6.23. The predicted octanol–water partition coefficient (Wildman–Crippen LogP) is 5.57. The third kappa shape index (κ3) is 5.74. The molecule has 1 amide bonds. The SMILES string of the molecule is Cc1cc(C)cc(S(=O)(=O)c2c(C(=O)NC3CCN(Cc4ccc([N+](=O)[O-])cc4)CC3)[nH]c3ccc(Cl)cc23)c1. The van der Waals surface area contributed by atoms with Crippen molar-refractivity contribution in [1.29, 1.82) is 0 Å². The van der Waals surface area contributed by atoms with Gasteiger partial charge in [0.1, 0.15) is 10.6 Å². The number of sulfone groups is 1. The van der Waals surface area contributed by atoms with Crippen LogP contribution in [0.2, 0.25) is 5.02 Å². The van der Waals surface area contributed by atoms with Crippen molar-refractivity contribution >= 4 is 43.9 Å². The summed E-state index contributed by atoms with van der Waals surface area (Å²) in [6, 6.07) is 16.4. The molecule has 0 bridgehead atoms. The number of aromatic amines is 1. The molecule has 0 atom stereocenters. The lowest BCUT2D eigenvalue weighted by molar-refractivity contribution is -0.384. The first-order chi connectivity index (χ1) is 19.0. The molecule has 2 N–H and O–H groups in total. The molecular weight excluding hydrogens is 552 g/mol. The van der Waals surface area contributed by atoms with Crippen LogP contribution in [0.4, 0.5) is 5.69 Å². The van der Waals surface area contributed by atoms with Crippen molar-refractivity contribution in [1.82, 2.24) is 15.2 Å². The number of hydrogen-bond acceptors (Lipinski definition) is 6. The Morgan fingerprint density at radius 1 is 1.05 bits per heavy atom. The third-order valence-corrected chi connectivity index (χ3v) is 9.24. The Morgan fingerprint density at radius 3 is 2.33 bits per heavy atom. The van der Waals surface area contributed by atoms with Gasteiger partial charge in [-0.05, 0) is 73.7 Å². The maximum absolute atomic E-state index is 13.9. The number of rotatable bonds is 7. The molecule has 0 aliphatic carbocycles. The predicted molar refractivity (Wildman–Crippen MR) is 154 cm³/mol. The lowest BCUT2D eigenvalue weighted by Crippen LogP contribution is -2.44. The van der Waals surface area contributed by atoms with Gasteiger partial charge in [0.05, 0.1) is 9.82 Å². The second-order valence-electron chi connectivity index (χ2n) is 10.3. The molecule has 1 aliphatic heterocycles. The highest BCUT2D eigenvalue weighted by molar-refractivity contribution is 7.91. The number of nitro benzene ring substituents is 1. The van der Waals surface area contributed by atoms with E-state index < -0.39 is 20.7 Å². The largest absolute Gasteiger partial charge is 0.349 e. The van der Waals surface area contributed by atoms with Crippen LogP contribution in [0.1, 0.15) is 40.0 Å². The van der Waals surface area contributed by atoms with Crippen molar-refractivity contribution in [3.63, 3.8) is 0 Å². The Labute approximate surface area is 237 Å². The lowest BCUT2D eigenvalue weighted by atomic mass is 10.0. The Balaban J connectivity index is 1.35. The van der Waals surface area contributed by atoms with Gasteiger partial charge in [0, 0.05) is 53.7 Å². The quantitative estimate of drug-likeness (QED) is 0.217. The number of likely N-dealkylation sites (tertiary alicyclic amines) is 1. The molecule has 11 heteroatoms. The monoisotopic (exact) mass is 580 g/mol. The smallest absolute Gasteiger partial charge is 0.269 e. The number of nitrogens with zero attached hydrogens (tertiary/aromatic N) is 2. The van der Waals surface area contributed by atoms with Crippen LogP contribution in [0.5, 0.6) is 0 Å². The standard InChI is InChI=1S/C29H29ClN4O5S/c1-18-13-19(2)15-24(14-18)40(38,39)28-25-16-21(30)5-8-26(25)32-27(28)29(35)31-22-9-11-33(12-10-22)17-20-3-6-23(7-4-20)34(36)37/h3-8,13-16,22,32H,9-12,17H2,1-2H3,(H,31,35). The first-order valence-corrected chi connectivity index (χ1v) is 14.8.